The van der Waals surface area contributed by atoms with Gasteiger partial charge in [0.1, 0.15) is 23.3 Å². The molecule has 4 nitrogen and oxygen atoms in total. The Morgan fingerprint density at radius 1 is 0.962 bits per heavy atom. The highest BCUT2D eigenvalue weighted by atomic mass is 19.1. The molecular formula is C21H23FN4. The summed E-state index contributed by atoms with van der Waals surface area (Å²) >= 11 is 0. The number of anilines is 2. The topological polar surface area (TPSA) is 49.8 Å². The van der Waals surface area contributed by atoms with E-state index >= 15 is 0 Å². The molecule has 1 heterocycles. The first-order valence-electron chi connectivity index (χ1n) is 8.76. The Kier molecular flexibility index (Phi) is 5.79. The summed E-state index contributed by atoms with van der Waals surface area (Å²) in [6.45, 7) is 4.56. The van der Waals surface area contributed by atoms with Crippen molar-refractivity contribution in [1.82, 2.24) is 9.97 Å². The molecule has 0 radical (unpaired) electrons. The van der Waals surface area contributed by atoms with Gasteiger partial charge in [0, 0.05) is 18.7 Å². The summed E-state index contributed by atoms with van der Waals surface area (Å²) in [5, 5.41) is 6.66. The highest BCUT2D eigenvalue weighted by molar-refractivity contribution is 5.49. The van der Waals surface area contributed by atoms with Gasteiger partial charge in [-0.25, -0.2) is 14.4 Å². The second kappa shape index (κ2) is 8.43. The Hall–Kier alpha value is -2.95. The van der Waals surface area contributed by atoms with Crippen molar-refractivity contribution >= 4 is 11.6 Å². The maximum Gasteiger partial charge on any atom is 0.132 e. The van der Waals surface area contributed by atoms with E-state index in [0.717, 1.165) is 11.6 Å². The number of rotatable bonds is 7. The summed E-state index contributed by atoms with van der Waals surface area (Å²) < 4.78 is 13.7. The summed E-state index contributed by atoms with van der Waals surface area (Å²) in [7, 11) is 0. The van der Waals surface area contributed by atoms with Gasteiger partial charge in [0.05, 0.1) is 0 Å². The van der Waals surface area contributed by atoms with Crippen LogP contribution in [0.3, 0.4) is 0 Å². The molecule has 0 saturated heterocycles. The van der Waals surface area contributed by atoms with Crippen LogP contribution in [0.4, 0.5) is 16.0 Å². The van der Waals surface area contributed by atoms with Crippen LogP contribution in [0.1, 0.15) is 29.9 Å². The van der Waals surface area contributed by atoms with Crippen LogP contribution >= 0.6 is 0 Å². The molecule has 1 aromatic heterocycles. The van der Waals surface area contributed by atoms with Crippen molar-refractivity contribution in [2.24, 2.45) is 0 Å². The Bertz CT molecular complexity index is 852. The first-order valence-corrected chi connectivity index (χ1v) is 8.76. The van der Waals surface area contributed by atoms with Crippen LogP contribution in [0.2, 0.25) is 0 Å². The molecule has 0 bridgehead atoms. The Morgan fingerprint density at radius 2 is 1.65 bits per heavy atom. The lowest BCUT2D eigenvalue weighted by Crippen LogP contribution is -2.12. The summed E-state index contributed by atoms with van der Waals surface area (Å²) in [5.74, 6) is 2.01. The number of nitrogens with zero attached hydrogens (tertiary/aromatic N) is 2. The fraction of sp³-hybridized carbons (Fsp3) is 0.238. The number of aryl methyl sites for hydroxylation is 1. The molecule has 0 aliphatic rings. The predicted octanol–water partition coefficient (Wildman–Crippen LogP) is 4.75. The van der Waals surface area contributed by atoms with Crippen LogP contribution in [-0.2, 0) is 6.42 Å². The lowest BCUT2D eigenvalue weighted by atomic mass is 10.1. The summed E-state index contributed by atoms with van der Waals surface area (Å²) in [6, 6.07) is 19.1. The number of nitrogens with one attached hydrogen (secondary N) is 2. The Morgan fingerprint density at radius 3 is 2.42 bits per heavy atom. The highest BCUT2D eigenvalue weighted by Crippen LogP contribution is 2.19. The van der Waals surface area contributed by atoms with Gasteiger partial charge in [-0.3, -0.25) is 0 Å². The summed E-state index contributed by atoms with van der Waals surface area (Å²) in [6.07, 6.45) is 0.596. The third-order valence-electron chi connectivity index (χ3n) is 4.16. The van der Waals surface area contributed by atoms with Gasteiger partial charge < -0.3 is 10.6 Å². The van der Waals surface area contributed by atoms with Gasteiger partial charge in [-0.1, -0.05) is 48.5 Å². The Labute approximate surface area is 153 Å². The number of hydrogen-bond donors (Lipinski definition) is 2. The number of halogens is 1. The van der Waals surface area contributed by atoms with Gasteiger partial charge in [0.15, 0.2) is 0 Å². The second-order valence-corrected chi connectivity index (χ2v) is 6.23. The number of hydrogen-bond acceptors (Lipinski definition) is 4. The molecule has 0 amide bonds. The molecule has 1 atom stereocenters. The van der Waals surface area contributed by atoms with Crippen LogP contribution in [0.25, 0.3) is 0 Å². The van der Waals surface area contributed by atoms with Crippen molar-refractivity contribution < 1.29 is 4.39 Å². The van der Waals surface area contributed by atoms with Crippen LogP contribution in [-0.4, -0.2) is 16.5 Å². The van der Waals surface area contributed by atoms with Crippen molar-refractivity contribution in [2.45, 2.75) is 26.3 Å². The van der Waals surface area contributed by atoms with Crippen LogP contribution in [0, 0.1) is 12.7 Å². The first-order chi connectivity index (χ1) is 12.6. The molecule has 0 fully saturated rings. The molecule has 3 aromatic rings. The summed E-state index contributed by atoms with van der Waals surface area (Å²) in [4.78, 5) is 8.87. The van der Waals surface area contributed by atoms with Gasteiger partial charge in [0.25, 0.3) is 0 Å². The largest absolute Gasteiger partial charge is 0.370 e. The molecule has 0 aliphatic carbocycles. The predicted molar refractivity (Wildman–Crippen MR) is 104 cm³/mol. The molecule has 3 rings (SSSR count). The molecule has 2 N–H and O–H groups in total. The van der Waals surface area contributed by atoms with Gasteiger partial charge in [-0.2, -0.15) is 0 Å². The second-order valence-electron chi connectivity index (χ2n) is 6.23. The van der Waals surface area contributed by atoms with E-state index < -0.39 is 0 Å². The van der Waals surface area contributed by atoms with E-state index in [1.165, 1.54) is 11.6 Å². The molecule has 0 aliphatic heterocycles. The average Bonchev–Trinajstić information content (AvgIpc) is 2.63. The fourth-order valence-electron chi connectivity index (χ4n) is 2.81. The smallest absolute Gasteiger partial charge is 0.132 e. The minimum absolute atomic E-state index is 0.136. The monoisotopic (exact) mass is 350 g/mol. The maximum absolute atomic E-state index is 13.7. The molecule has 1 unspecified atom stereocenters. The van der Waals surface area contributed by atoms with Crippen LogP contribution in [0.5, 0.6) is 0 Å². The standard InChI is InChI=1S/C21H23FN4/c1-15(17-8-4-3-5-9-17)24-21-14-20(25-16(2)26-21)23-13-12-18-10-6-7-11-19(18)22/h3-11,14-15H,12-13H2,1-2H3,(H2,23,24,25,26). The molecule has 0 spiro atoms. The highest BCUT2D eigenvalue weighted by Gasteiger charge is 2.08. The van der Waals surface area contributed by atoms with Crippen molar-refractivity contribution in [3.63, 3.8) is 0 Å². The quantitative estimate of drug-likeness (QED) is 0.645. The summed E-state index contributed by atoms with van der Waals surface area (Å²) in [5.41, 5.74) is 1.89. The third kappa shape index (κ3) is 4.79. The van der Waals surface area contributed by atoms with Gasteiger partial charge in [-0.05, 0) is 37.5 Å². The first kappa shape index (κ1) is 17.9. The van der Waals surface area contributed by atoms with E-state index in [1.54, 1.807) is 12.1 Å². The molecular weight excluding hydrogens is 327 g/mol. The zero-order valence-corrected chi connectivity index (χ0v) is 15.0. The van der Waals surface area contributed by atoms with E-state index in [1.807, 2.05) is 37.3 Å². The van der Waals surface area contributed by atoms with Crippen molar-refractivity contribution in [1.29, 1.82) is 0 Å². The zero-order valence-electron chi connectivity index (χ0n) is 15.0. The van der Waals surface area contributed by atoms with Crippen molar-refractivity contribution in [3.8, 4) is 0 Å². The zero-order chi connectivity index (χ0) is 18.4. The molecule has 2 aromatic carbocycles. The van der Waals surface area contributed by atoms with Gasteiger partial charge in [0.2, 0.25) is 0 Å². The molecule has 134 valence electrons. The fourth-order valence-corrected chi connectivity index (χ4v) is 2.81. The van der Waals surface area contributed by atoms with E-state index in [9.17, 15) is 4.39 Å². The maximum atomic E-state index is 13.7. The van der Waals surface area contributed by atoms with Gasteiger partial charge in [-0.15, -0.1) is 0 Å². The van der Waals surface area contributed by atoms with E-state index in [4.69, 9.17) is 0 Å². The van der Waals surface area contributed by atoms with Crippen molar-refractivity contribution in [2.75, 3.05) is 17.2 Å². The minimum atomic E-state index is -0.174. The van der Waals surface area contributed by atoms with Crippen LogP contribution in [0.15, 0.2) is 60.7 Å². The molecule has 0 saturated carbocycles. The van der Waals surface area contributed by atoms with Crippen molar-refractivity contribution in [3.05, 3.63) is 83.4 Å². The minimum Gasteiger partial charge on any atom is -0.370 e. The Balaban J connectivity index is 1.63. The third-order valence-corrected chi connectivity index (χ3v) is 4.16. The van der Waals surface area contributed by atoms with Gasteiger partial charge >= 0.3 is 0 Å². The SMILES string of the molecule is Cc1nc(NCCc2ccccc2F)cc(NC(C)c2ccccc2)n1. The number of benzene rings is 2. The normalized spacial score (nSPS) is 11.8. The lowest BCUT2D eigenvalue weighted by molar-refractivity contribution is 0.610. The van der Waals surface area contributed by atoms with E-state index in [0.29, 0.717) is 24.4 Å². The lowest BCUT2D eigenvalue weighted by Gasteiger charge is -2.16. The van der Waals surface area contributed by atoms with Crippen LogP contribution < -0.4 is 10.6 Å². The van der Waals surface area contributed by atoms with E-state index in [2.05, 4.69) is 39.7 Å². The number of aromatic nitrogens is 2. The molecule has 5 heteroatoms. The van der Waals surface area contributed by atoms with E-state index in [-0.39, 0.29) is 11.9 Å². The average molecular weight is 350 g/mol. The molecule has 26 heavy (non-hydrogen) atoms.